The smallest absolute Gasteiger partial charge is 0.222 e. The Labute approximate surface area is 133 Å². The largest absolute Gasteiger partial charge is 0.495 e. The fourth-order valence-electron chi connectivity index (χ4n) is 2.27. The van der Waals surface area contributed by atoms with Crippen molar-refractivity contribution >= 4 is 11.6 Å². The Bertz CT molecular complexity index is 853. The maximum Gasteiger partial charge on any atom is 0.222 e. The van der Waals surface area contributed by atoms with E-state index in [4.69, 9.17) is 4.74 Å². The molecular formula is C15H18N6O2. The van der Waals surface area contributed by atoms with Crippen LogP contribution in [0.4, 0.5) is 5.95 Å². The predicted molar refractivity (Wildman–Crippen MR) is 85.4 cm³/mol. The molecule has 3 aromatic rings. The molecule has 0 radical (unpaired) electrons. The van der Waals surface area contributed by atoms with Crippen LogP contribution in [0.5, 0.6) is 5.75 Å². The summed E-state index contributed by atoms with van der Waals surface area (Å²) in [7, 11) is 3.29. The molecule has 8 heteroatoms. The van der Waals surface area contributed by atoms with Gasteiger partial charge in [-0.25, -0.2) is 19.5 Å². The van der Waals surface area contributed by atoms with Gasteiger partial charge in [-0.3, -0.25) is 0 Å². The number of nitrogens with zero attached hydrogens (tertiary/aromatic N) is 5. The highest BCUT2D eigenvalue weighted by atomic mass is 16.5. The summed E-state index contributed by atoms with van der Waals surface area (Å²) in [6.07, 6.45) is 3.34. The molecule has 0 aromatic carbocycles. The van der Waals surface area contributed by atoms with Crippen molar-refractivity contribution in [3.8, 4) is 17.1 Å². The molecule has 3 heterocycles. The van der Waals surface area contributed by atoms with Crippen LogP contribution >= 0.6 is 0 Å². The minimum absolute atomic E-state index is 0.426. The van der Waals surface area contributed by atoms with Crippen LogP contribution in [0.1, 0.15) is 19.5 Å². The molecule has 0 fully saturated rings. The van der Waals surface area contributed by atoms with Gasteiger partial charge in [-0.1, -0.05) is 0 Å². The van der Waals surface area contributed by atoms with Crippen molar-refractivity contribution in [1.82, 2.24) is 24.6 Å². The van der Waals surface area contributed by atoms with Crippen molar-refractivity contribution in [3.63, 3.8) is 0 Å². The van der Waals surface area contributed by atoms with Crippen LogP contribution in [0.15, 0.2) is 24.5 Å². The molecule has 120 valence electrons. The van der Waals surface area contributed by atoms with Gasteiger partial charge in [0.25, 0.3) is 0 Å². The number of hydrogen-bond acceptors (Lipinski definition) is 7. The molecule has 3 rings (SSSR count). The second-order valence-electron chi connectivity index (χ2n) is 5.55. The Hall–Kier alpha value is -2.74. The first-order valence-corrected chi connectivity index (χ1v) is 7.11. The van der Waals surface area contributed by atoms with E-state index in [1.807, 2.05) is 0 Å². The van der Waals surface area contributed by atoms with E-state index in [2.05, 4.69) is 25.4 Å². The monoisotopic (exact) mass is 314 g/mol. The average Bonchev–Trinajstić information content (AvgIpc) is 2.95. The molecule has 0 saturated heterocycles. The standard InChI is InChI=1S/C15H18N6O2/c1-15(2,22)13-11(23-4)7-12-18-8-10(21(12)20-13)9-5-6-17-14(16-3)19-9/h5-8,22H,1-4H3,(H,16,17,19). The lowest BCUT2D eigenvalue weighted by molar-refractivity contribution is 0.0694. The number of ether oxygens (including phenoxy) is 1. The van der Waals surface area contributed by atoms with Gasteiger partial charge in [-0.15, -0.1) is 0 Å². The van der Waals surface area contributed by atoms with E-state index in [0.29, 0.717) is 34.4 Å². The van der Waals surface area contributed by atoms with Gasteiger partial charge in [0, 0.05) is 19.3 Å². The van der Waals surface area contributed by atoms with Crippen LogP contribution in [0, 0.1) is 0 Å². The van der Waals surface area contributed by atoms with E-state index in [1.165, 1.54) is 7.11 Å². The van der Waals surface area contributed by atoms with Gasteiger partial charge in [0.1, 0.15) is 22.7 Å². The Kier molecular flexibility index (Phi) is 3.61. The van der Waals surface area contributed by atoms with Crippen molar-refractivity contribution in [2.45, 2.75) is 19.4 Å². The third-order valence-corrected chi connectivity index (χ3v) is 3.40. The molecule has 0 spiro atoms. The van der Waals surface area contributed by atoms with Crippen LogP contribution in [0.3, 0.4) is 0 Å². The first-order valence-electron chi connectivity index (χ1n) is 7.11. The van der Waals surface area contributed by atoms with Crippen molar-refractivity contribution in [3.05, 3.63) is 30.2 Å². The number of imidazole rings is 1. The van der Waals surface area contributed by atoms with Gasteiger partial charge in [-0.2, -0.15) is 5.10 Å². The summed E-state index contributed by atoms with van der Waals surface area (Å²) in [6.45, 7) is 3.31. The zero-order valence-electron chi connectivity index (χ0n) is 13.4. The van der Waals surface area contributed by atoms with E-state index in [0.717, 1.165) is 0 Å². The van der Waals surface area contributed by atoms with Gasteiger partial charge in [0.2, 0.25) is 5.95 Å². The molecule has 23 heavy (non-hydrogen) atoms. The molecule has 8 nitrogen and oxygen atoms in total. The lowest BCUT2D eigenvalue weighted by Crippen LogP contribution is -2.20. The molecule has 0 amide bonds. The third kappa shape index (κ3) is 2.68. The predicted octanol–water partition coefficient (Wildman–Crippen LogP) is 1.46. The highest BCUT2D eigenvalue weighted by Crippen LogP contribution is 2.29. The van der Waals surface area contributed by atoms with Crippen molar-refractivity contribution in [2.75, 3.05) is 19.5 Å². The summed E-state index contributed by atoms with van der Waals surface area (Å²) in [5, 5.41) is 17.7. The van der Waals surface area contributed by atoms with Crippen LogP contribution in [-0.4, -0.2) is 43.8 Å². The van der Waals surface area contributed by atoms with Gasteiger partial charge >= 0.3 is 0 Å². The number of fused-ring (bicyclic) bond motifs is 1. The Balaban J connectivity index is 2.23. The molecule has 0 unspecified atom stereocenters. The van der Waals surface area contributed by atoms with Crippen LogP contribution in [-0.2, 0) is 5.60 Å². The van der Waals surface area contributed by atoms with Gasteiger partial charge < -0.3 is 15.2 Å². The normalized spacial score (nSPS) is 11.7. The summed E-state index contributed by atoms with van der Waals surface area (Å²) in [4.78, 5) is 12.8. The molecule has 0 atom stereocenters. The summed E-state index contributed by atoms with van der Waals surface area (Å²) in [5.74, 6) is 0.995. The van der Waals surface area contributed by atoms with Crippen molar-refractivity contribution in [2.24, 2.45) is 0 Å². The van der Waals surface area contributed by atoms with Crippen molar-refractivity contribution < 1.29 is 9.84 Å². The highest BCUT2D eigenvalue weighted by Gasteiger charge is 2.25. The molecule has 3 aromatic heterocycles. The fraction of sp³-hybridized carbons (Fsp3) is 0.333. The van der Waals surface area contributed by atoms with Gasteiger partial charge in [-0.05, 0) is 19.9 Å². The maximum absolute atomic E-state index is 10.3. The van der Waals surface area contributed by atoms with E-state index >= 15 is 0 Å². The molecule has 0 bridgehead atoms. The number of nitrogens with one attached hydrogen (secondary N) is 1. The zero-order chi connectivity index (χ0) is 16.6. The lowest BCUT2D eigenvalue weighted by atomic mass is 10.0. The lowest BCUT2D eigenvalue weighted by Gasteiger charge is -2.19. The topological polar surface area (TPSA) is 97.5 Å². The number of aromatic nitrogens is 5. The Morgan fingerprint density at radius 1 is 1.30 bits per heavy atom. The minimum Gasteiger partial charge on any atom is -0.495 e. The fourth-order valence-corrected chi connectivity index (χ4v) is 2.27. The second-order valence-corrected chi connectivity index (χ2v) is 5.55. The summed E-state index contributed by atoms with van der Waals surface area (Å²) >= 11 is 0. The highest BCUT2D eigenvalue weighted by molar-refractivity contribution is 5.61. The quantitative estimate of drug-likeness (QED) is 0.752. The Morgan fingerprint density at radius 3 is 2.74 bits per heavy atom. The molecule has 0 aliphatic rings. The number of methoxy groups -OCH3 is 1. The molecule has 2 N–H and O–H groups in total. The summed E-state index contributed by atoms with van der Waals surface area (Å²) in [5.41, 5.74) is 1.26. The summed E-state index contributed by atoms with van der Waals surface area (Å²) < 4.78 is 6.96. The number of anilines is 1. The van der Waals surface area contributed by atoms with Gasteiger partial charge in [0.05, 0.1) is 19.0 Å². The number of rotatable bonds is 4. The van der Waals surface area contributed by atoms with Crippen molar-refractivity contribution in [1.29, 1.82) is 0 Å². The Morgan fingerprint density at radius 2 is 2.09 bits per heavy atom. The number of hydrogen-bond donors (Lipinski definition) is 2. The van der Waals surface area contributed by atoms with Crippen LogP contribution < -0.4 is 10.1 Å². The molecule has 0 aliphatic carbocycles. The van der Waals surface area contributed by atoms with E-state index in [-0.39, 0.29) is 0 Å². The molecular weight excluding hydrogens is 296 g/mol. The first-order chi connectivity index (χ1) is 10.9. The van der Waals surface area contributed by atoms with E-state index < -0.39 is 5.60 Å². The summed E-state index contributed by atoms with van der Waals surface area (Å²) in [6, 6.07) is 3.52. The second kappa shape index (κ2) is 5.47. The number of aliphatic hydroxyl groups is 1. The van der Waals surface area contributed by atoms with E-state index in [1.54, 1.807) is 49.9 Å². The van der Waals surface area contributed by atoms with Crippen LogP contribution in [0.25, 0.3) is 17.0 Å². The average molecular weight is 314 g/mol. The minimum atomic E-state index is -1.15. The zero-order valence-corrected chi connectivity index (χ0v) is 13.4. The first kappa shape index (κ1) is 15.2. The van der Waals surface area contributed by atoms with E-state index in [9.17, 15) is 5.11 Å². The maximum atomic E-state index is 10.3. The third-order valence-electron chi connectivity index (χ3n) is 3.40. The molecule has 0 aliphatic heterocycles. The molecule has 0 saturated carbocycles. The SMILES string of the molecule is CNc1nccc(-c2cnc3cc(OC)c(C(C)(C)O)nn23)n1. The van der Waals surface area contributed by atoms with Gasteiger partial charge in [0.15, 0.2) is 5.65 Å². The van der Waals surface area contributed by atoms with Crippen LogP contribution in [0.2, 0.25) is 0 Å².